The van der Waals surface area contributed by atoms with Crippen LogP contribution in [-0.2, 0) is 20.7 Å². The van der Waals surface area contributed by atoms with Crippen molar-refractivity contribution in [3.8, 4) is 11.5 Å². The van der Waals surface area contributed by atoms with Crippen LogP contribution in [0.5, 0.6) is 11.5 Å². The number of H-pyrrole nitrogens is 1. The van der Waals surface area contributed by atoms with Gasteiger partial charge in [-0.3, -0.25) is 4.79 Å². The maximum atomic E-state index is 12.9. The summed E-state index contributed by atoms with van der Waals surface area (Å²) in [6.07, 6.45) is 2.00. The molecule has 1 aromatic carbocycles. The van der Waals surface area contributed by atoms with Crippen LogP contribution in [0.15, 0.2) is 36.5 Å². The molecule has 0 aliphatic carbocycles. The van der Waals surface area contributed by atoms with Crippen molar-refractivity contribution < 1.29 is 23.8 Å². The van der Waals surface area contributed by atoms with E-state index in [1.807, 2.05) is 24.3 Å². The highest BCUT2D eigenvalue weighted by Gasteiger charge is 2.44. The Morgan fingerprint density at radius 2 is 2.13 bits per heavy atom. The molecule has 9 heteroatoms. The summed E-state index contributed by atoms with van der Waals surface area (Å²) in [7, 11) is 1.31. The van der Waals surface area contributed by atoms with Crippen molar-refractivity contribution in [3.63, 3.8) is 0 Å². The first kappa shape index (κ1) is 18.7. The second-order valence-electron chi connectivity index (χ2n) is 7.11. The molecule has 0 saturated heterocycles. The monoisotopic (exact) mass is 427 g/mol. The van der Waals surface area contributed by atoms with E-state index in [1.165, 1.54) is 12.0 Å². The van der Waals surface area contributed by atoms with Crippen LogP contribution in [0.3, 0.4) is 0 Å². The van der Waals surface area contributed by atoms with E-state index < -0.39 is 18.1 Å². The number of pyridine rings is 1. The van der Waals surface area contributed by atoms with Gasteiger partial charge in [-0.2, -0.15) is 0 Å². The second kappa shape index (κ2) is 7.21. The van der Waals surface area contributed by atoms with E-state index in [9.17, 15) is 9.59 Å². The zero-order valence-electron chi connectivity index (χ0n) is 16.1. The number of halogens is 1. The molecule has 0 radical (unpaired) electrons. The maximum Gasteiger partial charge on any atom is 0.328 e. The highest BCUT2D eigenvalue weighted by atomic mass is 35.5. The molecule has 8 nitrogen and oxygen atoms in total. The van der Waals surface area contributed by atoms with Gasteiger partial charge >= 0.3 is 5.97 Å². The third-order valence-electron chi connectivity index (χ3n) is 5.58. The predicted molar refractivity (Wildman–Crippen MR) is 108 cm³/mol. The number of alkyl halides is 1. The van der Waals surface area contributed by atoms with E-state index in [0.29, 0.717) is 23.6 Å². The third kappa shape index (κ3) is 2.79. The number of carbonyl (C=O) groups excluding carboxylic acids is 2. The minimum Gasteiger partial charge on any atom is -0.467 e. The number of benzene rings is 1. The first-order valence-electron chi connectivity index (χ1n) is 9.42. The van der Waals surface area contributed by atoms with E-state index in [-0.39, 0.29) is 18.6 Å². The van der Waals surface area contributed by atoms with Crippen molar-refractivity contribution in [3.05, 3.63) is 53.3 Å². The number of esters is 1. The van der Waals surface area contributed by atoms with Gasteiger partial charge in [0.15, 0.2) is 11.5 Å². The van der Waals surface area contributed by atoms with Gasteiger partial charge in [-0.1, -0.05) is 6.07 Å². The summed E-state index contributed by atoms with van der Waals surface area (Å²) < 4.78 is 16.0. The Bertz CT molecular complexity index is 1160. The summed E-state index contributed by atoms with van der Waals surface area (Å²) >= 11 is 5.94. The summed E-state index contributed by atoms with van der Waals surface area (Å²) in [6.45, 7) is 0.139. The van der Waals surface area contributed by atoms with Gasteiger partial charge in [-0.25, -0.2) is 9.78 Å². The van der Waals surface area contributed by atoms with E-state index >= 15 is 0 Å². The zero-order valence-corrected chi connectivity index (χ0v) is 16.8. The number of aromatic amines is 1. The minimum absolute atomic E-state index is 0.139. The van der Waals surface area contributed by atoms with E-state index in [1.54, 1.807) is 12.3 Å². The van der Waals surface area contributed by atoms with Crippen molar-refractivity contribution in [2.45, 2.75) is 18.5 Å². The maximum absolute atomic E-state index is 12.9. The molecule has 4 heterocycles. The van der Waals surface area contributed by atoms with Crippen molar-refractivity contribution in [2.24, 2.45) is 0 Å². The lowest BCUT2D eigenvalue weighted by Crippen LogP contribution is -2.52. The van der Waals surface area contributed by atoms with Gasteiger partial charge in [0.2, 0.25) is 12.7 Å². The van der Waals surface area contributed by atoms with Crippen molar-refractivity contribution in [1.82, 2.24) is 14.9 Å². The smallest absolute Gasteiger partial charge is 0.328 e. The van der Waals surface area contributed by atoms with Gasteiger partial charge in [0.1, 0.15) is 17.6 Å². The first-order valence-corrected chi connectivity index (χ1v) is 9.95. The number of nitrogens with zero attached hydrogens (tertiary/aromatic N) is 2. The molecule has 2 aromatic heterocycles. The minimum atomic E-state index is -0.816. The number of aromatic nitrogens is 2. The number of methoxy groups -OCH3 is 1. The average molecular weight is 428 g/mol. The Balaban J connectivity index is 1.75. The molecule has 0 fully saturated rings. The summed E-state index contributed by atoms with van der Waals surface area (Å²) in [4.78, 5) is 34.9. The van der Waals surface area contributed by atoms with Crippen LogP contribution in [0.4, 0.5) is 0 Å². The number of hydrogen-bond acceptors (Lipinski definition) is 6. The molecule has 0 saturated carbocycles. The van der Waals surface area contributed by atoms with Crippen LogP contribution in [0.25, 0.3) is 11.0 Å². The third-order valence-corrected chi connectivity index (χ3v) is 5.81. The molecule has 30 heavy (non-hydrogen) atoms. The van der Waals surface area contributed by atoms with E-state index in [0.717, 1.165) is 22.2 Å². The van der Waals surface area contributed by atoms with Crippen molar-refractivity contribution in [1.29, 1.82) is 0 Å². The number of rotatable bonds is 3. The van der Waals surface area contributed by atoms with Gasteiger partial charge in [-0.15, -0.1) is 11.6 Å². The van der Waals surface area contributed by atoms with E-state index in [4.69, 9.17) is 25.8 Å². The Hall–Kier alpha value is -3.26. The lowest BCUT2D eigenvalue weighted by molar-refractivity contribution is -0.154. The average Bonchev–Trinajstić information content (AvgIpc) is 3.40. The molecule has 1 N–H and O–H groups in total. The molecule has 3 aromatic rings. The molecule has 2 aliphatic heterocycles. The number of fused-ring (bicyclic) bond motifs is 4. The first-order chi connectivity index (χ1) is 14.6. The van der Waals surface area contributed by atoms with Crippen molar-refractivity contribution >= 4 is 34.5 Å². The lowest BCUT2D eigenvalue weighted by Gasteiger charge is -2.40. The summed E-state index contributed by atoms with van der Waals surface area (Å²) in [5.41, 5.74) is 3.17. The van der Waals surface area contributed by atoms with E-state index in [2.05, 4.69) is 9.97 Å². The standard InChI is InChI=1S/C21H18ClN3O5/c1-28-21(27)14-8-13-12-3-2-6-23-20(12)24-18(13)19(25(14)17(26)9-22)11-4-5-15-16(7-11)30-10-29-15/h2-7,14,19H,8-10H2,1H3,(H,23,24)/t14-,19-/m1/s1. The summed E-state index contributed by atoms with van der Waals surface area (Å²) in [5, 5.41) is 0.908. The molecule has 5 rings (SSSR count). The Labute approximate surface area is 176 Å². The zero-order chi connectivity index (χ0) is 20.8. The lowest BCUT2D eigenvalue weighted by atomic mass is 9.88. The highest BCUT2D eigenvalue weighted by molar-refractivity contribution is 6.27. The number of nitrogens with one attached hydrogen (secondary N) is 1. The van der Waals surface area contributed by atoms with Gasteiger partial charge in [-0.05, 0) is 35.4 Å². The quantitative estimate of drug-likeness (QED) is 0.510. The van der Waals surface area contributed by atoms with Gasteiger partial charge in [0, 0.05) is 23.7 Å². The van der Waals surface area contributed by atoms with Crippen molar-refractivity contribution in [2.75, 3.05) is 19.8 Å². The number of ether oxygens (including phenoxy) is 3. The Morgan fingerprint density at radius 1 is 1.30 bits per heavy atom. The Morgan fingerprint density at radius 3 is 2.93 bits per heavy atom. The molecular weight excluding hydrogens is 410 g/mol. The molecule has 0 bridgehead atoms. The molecule has 0 spiro atoms. The molecular formula is C21H18ClN3O5. The molecule has 0 unspecified atom stereocenters. The van der Waals surface area contributed by atoms with Crippen LogP contribution >= 0.6 is 11.6 Å². The predicted octanol–water partition coefficient (Wildman–Crippen LogP) is 2.55. The second-order valence-corrected chi connectivity index (χ2v) is 7.38. The molecule has 154 valence electrons. The fourth-order valence-corrected chi connectivity index (χ4v) is 4.43. The fourth-order valence-electron chi connectivity index (χ4n) is 4.29. The van der Waals surface area contributed by atoms with Gasteiger partial charge < -0.3 is 24.1 Å². The summed E-state index contributed by atoms with van der Waals surface area (Å²) in [6, 6.07) is 7.86. The van der Waals surface area contributed by atoms with Crippen LogP contribution in [0, 0.1) is 0 Å². The SMILES string of the molecule is COC(=O)[C@H]1Cc2c([nH]c3ncccc23)[C@@H](c2ccc3c(c2)OCO3)N1C(=O)CCl. The largest absolute Gasteiger partial charge is 0.467 e. The topological polar surface area (TPSA) is 93.8 Å². The highest BCUT2D eigenvalue weighted by Crippen LogP contribution is 2.43. The number of amides is 1. The van der Waals surface area contributed by atoms with Crippen LogP contribution in [0.2, 0.25) is 0 Å². The number of carbonyl (C=O) groups is 2. The van der Waals surface area contributed by atoms with Crippen LogP contribution in [0.1, 0.15) is 22.9 Å². The Kier molecular flexibility index (Phi) is 4.51. The molecule has 2 atom stereocenters. The van der Waals surface area contributed by atoms with Gasteiger partial charge in [0.25, 0.3) is 0 Å². The fraction of sp³-hybridized carbons (Fsp3) is 0.286. The van der Waals surface area contributed by atoms with Crippen LogP contribution < -0.4 is 9.47 Å². The summed E-state index contributed by atoms with van der Waals surface area (Å²) in [5.74, 6) is 0.0900. The van der Waals surface area contributed by atoms with Crippen LogP contribution in [-0.4, -0.2) is 52.6 Å². The normalized spacial score (nSPS) is 19.6. The number of hydrogen-bond donors (Lipinski definition) is 1. The molecule has 1 amide bonds. The molecule has 2 aliphatic rings. The van der Waals surface area contributed by atoms with Gasteiger partial charge in [0.05, 0.1) is 13.2 Å².